The fourth-order valence-electron chi connectivity index (χ4n) is 7.40. The first-order valence-electron chi connectivity index (χ1n) is 16.8. The van der Waals surface area contributed by atoms with Crippen molar-refractivity contribution >= 4 is 43.7 Å². The number of benzene rings is 5. The quantitative estimate of drug-likeness (QED) is 0.188. The molecule has 0 bridgehead atoms. The van der Waals surface area contributed by atoms with Gasteiger partial charge >= 0.3 is 0 Å². The van der Waals surface area contributed by atoms with Crippen molar-refractivity contribution in [2.75, 3.05) is 0 Å². The van der Waals surface area contributed by atoms with Crippen LogP contribution in [0.2, 0.25) is 0 Å². The van der Waals surface area contributed by atoms with Gasteiger partial charge in [-0.2, -0.15) is 0 Å². The van der Waals surface area contributed by atoms with Gasteiger partial charge in [0.15, 0.2) is 0 Å². The minimum absolute atomic E-state index is 0.906. The van der Waals surface area contributed by atoms with Crippen LogP contribution in [0.15, 0.2) is 176 Å². The van der Waals surface area contributed by atoms with Crippen LogP contribution < -0.4 is 0 Å². The van der Waals surface area contributed by atoms with Gasteiger partial charge < -0.3 is 4.57 Å². The fourth-order valence-corrected chi connectivity index (χ4v) is 7.40. The first-order valence-corrected chi connectivity index (χ1v) is 16.8. The number of nitrogens with zero attached hydrogens (tertiary/aromatic N) is 5. The summed E-state index contributed by atoms with van der Waals surface area (Å²) in [6.45, 7) is 0. The fraction of sp³-hybridized carbons (Fsp3) is 0. The Labute approximate surface area is 288 Å². The van der Waals surface area contributed by atoms with Gasteiger partial charge in [0.2, 0.25) is 0 Å². The minimum atomic E-state index is 0.906. The SMILES string of the molecule is c1ccc(-n2c3ccccc3c3cc(-c4ccc5c6cccnc6n(-c6cc(-c7ccccn7)cc(-c7ccccn7)c6)c5c4)ccc32)cc1. The molecule has 5 heterocycles. The van der Waals surface area contributed by atoms with Crippen LogP contribution in [0.4, 0.5) is 0 Å². The summed E-state index contributed by atoms with van der Waals surface area (Å²) in [4.78, 5) is 14.3. The van der Waals surface area contributed by atoms with Crippen molar-refractivity contribution in [2.24, 2.45) is 0 Å². The molecule has 0 radical (unpaired) electrons. The zero-order valence-corrected chi connectivity index (χ0v) is 27.0. The average Bonchev–Trinajstić information content (AvgIpc) is 3.71. The molecular weight excluding hydrogens is 611 g/mol. The summed E-state index contributed by atoms with van der Waals surface area (Å²) in [5.74, 6) is 0. The lowest BCUT2D eigenvalue weighted by molar-refractivity contribution is 1.13. The van der Waals surface area contributed by atoms with E-state index in [1.54, 1.807) is 0 Å². The summed E-state index contributed by atoms with van der Waals surface area (Å²) in [6.07, 6.45) is 5.55. The smallest absolute Gasteiger partial charge is 0.145 e. The molecule has 10 rings (SSSR count). The van der Waals surface area contributed by atoms with E-state index in [-0.39, 0.29) is 0 Å². The first kappa shape index (κ1) is 28.2. The third-order valence-corrected chi connectivity index (χ3v) is 9.64. The molecule has 50 heavy (non-hydrogen) atoms. The molecule has 0 amide bonds. The number of aromatic nitrogens is 5. The van der Waals surface area contributed by atoms with E-state index in [2.05, 4.69) is 137 Å². The van der Waals surface area contributed by atoms with E-state index in [0.29, 0.717) is 0 Å². The lowest BCUT2D eigenvalue weighted by Crippen LogP contribution is -1.98. The van der Waals surface area contributed by atoms with Gasteiger partial charge in [0.05, 0.1) is 27.9 Å². The van der Waals surface area contributed by atoms with Crippen LogP contribution in [-0.2, 0) is 0 Å². The van der Waals surface area contributed by atoms with Crippen molar-refractivity contribution in [3.8, 4) is 45.0 Å². The highest BCUT2D eigenvalue weighted by atomic mass is 15.0. The molecule has 0 saturated heterocycles. The zero-order chi connectivity index (χ0) is 33.0. The molecule has 0 aliphatic heterocycles. The molecule has 5 aromatic carbocycles. The monoisotopic (exact) mass is 639 g/mol. The summed E-state index contributed by atoms with van der Waals surface area (Å²) in [5.41, 5.74) is 12.7. The van der Waals surface area contributed by atoms with Gasteiger partial charge in [0.1, 0.15) is 5.65 Å². The molecule has 0 spiro atoms. The number of rotatable bonds is 5. The van der Waals surface area contributed by atoms with Crippen LogP contribution in [0.25, 0.3) is 88.8 Å². The van der Waals surface area contributed by atoms with Crippen LogP contribution in [0.5, 0.6) is 0 Å². The van der Waals surface area contributed by atoms with Crippen molar-refractivity contribution in [2.45, 2.75) is 0 Å². The Bertz CT molecular complexity index is 2800. The van der Waals surface area contributed by atoms with E-state index in [1.165, 1.54) is 21.8 Å². The highest BCUT2D eigenvalue weighted by Crippen LogP contribution is 2.39. The van der Waals surface area contributed by atoms with E-state index < -0.39 is 0 Å². The second kappa shape index (κ2) is 11.4. The molecule has 5 heteroatoms. The van der Waals surface area contributed by atoms with Gasteiger partial charge in [0, 0.05) is 62.6 Å². The second-order valence-corrected chi connectivity index (χ2v) is 12.6. The number of hydrogen-bond donors (Lipinski definition) is 0. The molecule has 5 nitrogen and oxygen atoms in total. The van der Waals surface area contributed by atoms with Crippen LogP contribution in [0.1, 0.15) is 0 Å². The molecule has 234 valence electrons. The molecule has 0 unspecified atom stereocenters. The van der Waals surface area contributed by atoms with E-state index >= 15 is 0 Å². The molecule has 0 N–H and O–H groups in total. The molecule has 10 aromatic rings. The predicted octanol–water partition coefficient (Wildman–Crippen LogP) is 11.1. The normalized spacial score (nSPS) is 11.6. The third kappa shape index (κ3) is 4.52. The van der Waals surface area contributed by atoms with Crippen molar-refractivity contribution in [3.63, 3.8) is 0 Å². The van der Waals surface area contributed by atoms with Gasteiger partial charge in [-0.3, -0.25) is 14.5 Å². The van der Waals surface area contributed by atoms with E-state index in [9.17, 15) is 0 Å². The number of pyridine rings is 3. The summed E-state index contributed by atoms with van der Waals surface area (Å²) >= 11 is 0. The second-order valence-electron chi connectivity index (χ2n) is 12.6. The van der Waals surface area contributed by atoms with Gasteiger partial charge in [0.25, 0.3) is 0 Å². The van der Waals surface area contributed by atoms with Crippen LogP contribution in [-0.4, -0.2) is 24.1 Å². The molecule has 0 saturated carbocycles. The summed E-state index contributed by atoms with van der Waals surface area (Å²) in [7, 11) is 0. The topological polar surface area (TPSA) is 48.5 Å². The van der Waals surface area contributed by atoms with Gasteiger partial charge in [-0.25, -0.2) is 4.98 Å². The Morgan fingerprint density at radius 2 is 0.940 bits per heavy atom. The number of para-hydroxylation sites is 2. The lowest BCUT2D eigenvalue weighted by atomic mass is 10.0. The first-order chi connectivity index (χ1) is 24.8. The van der Waals surface area contributed by atoms with Crippen molar-refractivity contribution in [1.29, 1.82) is 0 Å². The van der Waals surface area contributed by atoms with Crippen molar-refractivity contribution in [1.82, 2.24) is 24.1 Å². The highest BCUT2D eigenvalue weighted by Gasteiger charge is 2.18. The Morgan fingerprint density at radius 3 is 1.70 bits per heavy atom. The summed E-state index contributed by atoms with van der Waals surface area (Å²) in [5, 5.41) is 4.73. The van der Waals surface area contributed by atoms with Crippen LogP contribution in [0.3, 0.4) is 0 Å². The maximum Gasteiger partial charge on any atom is 0.145 e. The molecule has 5 aromatic heterocycles. The largest absolute Gasteiger partial charge is 0.309 e. The zero-order valence-electron chi connectivity index (χ0n) is 27.0. The lowest BCUT2D eigenvalue weighted by Gasteiger charge is -2.13. The molecule has 0 aliphatic carbocycles. The maximum absolute atomic E-state index is 4.94. The standard InChI is InChI=1S/C45H29N5/c1-2-11-34(12-3-1)49-42-17-5-4-13-36(42)39-28-30(19-21-43(39)49)31-18-20-37-38-14-10-24-48-45(38)50(44(37)29-31)35-26-32(40-15-6-8-22-46-40)25-33(27-35)41-16-7-9-23-47-41/h1-29H. The molecular formula is C45H29N5. The van der Waals surface area contributed by atoms with E-state index in [4.69, 9.17) is 15.0 Å². The molecule has 0 atom stereocenters. The Kier molecular flexibility index (Phi) is 6.42. The summed E-state index contributed by atoms with van der Waals surface area (Å²) in [6, 6.07) is 55.7. The Balaban J connectivity index is 1.20. The number of fused-ring (bicyclic) bond motifs is 6. The van der Waals surface area contributed by atoms with Gasteiger partial charge in [-0.15, -0.1) is 0 Å². The molecule has 0 fully saturated rings. The number of hydrogen-bond acceptors (Lipinski definition) is 3. The third-order valence-electron chi connectivity index (χ3n) is 9.64. The van der Waals surface area contributed by atoms with Crippen molar-refractivity contribution < 1.29 is 0 Å². The van der Waals surface area contributed by atoms with Crippen molar-refractivity contribution in [3.05, 3.63) is 176 Å². The molecule has 0 aliphatic rings. The Hall–Kier alpha value is -6.85. The Morgan fingerprint density at radius 1 is 0.320 bits per heavy atom. The van der Waals surface area contributed by atoms with Crippen LogP contribution >= 0.6 is 0 Å². The minimum Gasteiger partial charge on any atom is -0.309 e. The predicted molar refractivity (Wildman–Crippen MR) is 205 cm³/mol. The van der Waals surface area contributed by atoms with Gasteiger partial charge in [-0.05, 0) is 102 Å². The van der Waals surface area contributed by atoms with Gasteiger partial charge in [-0.1, -0.05) is 66.7 Å². The van der Waals surface area contributed by atoms with Crippen LogP contribution in [0, 0.1) is 0 Å². The maximum atomic E-state index is 4.94. The summed E-state index contributed by atoms with van der Waals surface area (Å²) < 4.78 is 4.64. The average molecular weight is 640 g/mol. The highest BCUT2D eigenvalue weighted by molar-refractivity contribution is 6.12. The van der Waals surface area contributed by atoms with E-state index in [1.807, 2.05) is 48.9 Å². The van der Waals surface area contributed by atoms with E-state index in [0.717, 1.165) is 67.0 Å².